The Bertz CT molecular complexity index is 599. The summed E-state index contributed by atoms with van der Waals surface area (Å²) >= 11 is 0. The van der Waals surface area contributed by atoms with Gasteiger partial charge in [0, 0.05) is 12.4 Å². The predicted molar refractivity (Wildman–Crippen MR) is 58.4 cm³/mol. The van der Waals surface area contributed by atoms with Gasteiger partial charge in [0.15, 0.2) is 14.9 Å². The summed E-state index contributed by atoms with van der Waals surface area (Å²) in [5.41, 5.74) is 0.838. The van der Waals surface area contributed by atoms with Gasteiger partial charge in [-0.2, -0.15) is 5.10 Å². The number of nitrogens with zero attached hydrogens (tertiary/aromatic N) is 2. The summed E-state index contributed by atoms with van der Waals surface area (Å²) in [6, 6.07) is 7.33. The fraction of sp³-hybridized carbons (Fsp3) is 0.300. The molecule has 0 radical (unpaired) electrons. The summed E-state index contributed by atoms with van der Waals surface area (Å²) in [6.07, 6.45) is 0. The molecule has 1 aromatic heterocycles. The van der Waals surface area contributed by atoms with Crippen molar-refractivity contribution in [3.63, 3.8) is 0 Å². The molecule has 0 fully saturated rings. The van der Waals surface area contributed by atoms with Crippen LogP contribution in [0.4, 0.5) is 0 Å². The molecule has 0 atom stereocenters. The zero-order valence-electron chi connectivity index (χ0n) is 8.64. The van der Waals surface area contributed by atoms with Crippen LogP contribution in [0.15, 0.2) is 29.3 Å². The highest BCUT2D eigenvalue weighted by Crippen LogP contribution is 2.22. The van der Waals surface area contributed by atoms with Gasteiger partial charge in [0.25, 0.3) is 0 Å². The average Bonchev–Trinajstić information content (AvgIpc) is 2.58. The second-order valence-electron chi connectivity index (χ2n) is 3.35. The maximum absolute atomic E-state index is 11.8. The van der Waals surface area contributed by atoms with E-state index in [0.29, 0.717) is 5.39 Å². The molecule has 0 unspecified atom stereocenters. The van der Waals surface area contributed by atoms with E-state index in [4.69, 9.17) is 0 Å². The van der Waals surface area contributed by atoms with E-state index in [-0.39, 0.29) is 10.8 Å². The number of hydrogen-bond acceptors (Lipinski definition) is 3. The third-order valence-corrected chi connectivity index (χ3v) is 4.05. The van der Waals surface area contributed by atoms with Gasteiger partial charge in [0.2, 0.25) is 0 Å². The van der Waals surface area contributed by atoms with Crippen LogP contribution in [0.3, 0.4) is 0 Å². The first-order valence-corrected chi connectivity index (χ1v) is 6.36. The lowest BCUT2D eigenvalue weighted by Gasteiger charge is -1.95. The molecule has 80 valence electrons. The Balaban J connectivity index is 2.84. The molecule has 0 aliphatic carbocycles. The Labute approximate surface area is 88.4 Å². The van der Waals surface area contributed by atoms with Crippen LogP contribution in [-0.4, -0.2) is 24.0 Å². The molecule has 0 bridgehead atoms. The van der Waals surface area contributed by atoms with Gasteiger partial charge in [0.05, 0.1) is 11.3 Å². The van der Waals surface area contributed by atoms with Crippen LogP contribution >= 0.6 is 0 Å². The number of aryl methyl sites for hydroxylation is 1. The molecule has 0 aliphatic heterocycles. The maximum atomic E-state index is 11.8. The zero-order valence-corrected chi connectivity index (χ0v) is 9.45. The van der Waals surface area contributed by atoms with Crippen molar-refractivity contribution in [1.82, 2.24) is 9.78 Å². The van der Waals surface area contributed by atoms with E-state index in [1.807, 2.05) is 18.2 Å². The second kappa shape index (κ2) is 3.34. The number of aromatic nitrogens is 2. The van der Waals surface area contributed by atoms with Crippen LogP contribution in [-0.2, 0) is 16.9 Å². The van der Waals surface area contributed by atoms with E-state index in [2.05, 4.69) is 5.10 Å². The molecule has 1 aromatic carbocycles. The summed E-state index contributed by atoms with van der Waals surface area (Å²) in [5, 5.41) is 4.94. The maximum Gasteiger partial charge on any atom is 0.197 e. The number of para-hydroxylation sites is 1. The van der Waals surface area contributed by atoms with E-state index >= 15 is 0 Å². The summed E-state index contributed by atoms with van der Waals surface area (Å²) in [7, 11) is -1.49. The summed E-state index contributed by atoms with van der Waals surface area (Å²) in [4.78, 5) is 0. The van der Waals surface area contributed by atoms with Crippen molar-refractivity contribution in [3.8, 4) is 0 Å². The number of benzene rings is 1. The number of hydrogen-bond donors (Lipinski definition) is 0. The molecule has 0 N–H and O–H groups in total. The number of rotatable bonds is 2. The lowest BCUT2D eigenvalue weighted by Crippen LogP contribution is -2.05. The Morgan fingerprint density at radius 2 is 2.00 bits per heavy atom. The lowest BCUT2D eigenvalue weighted by molar-refractivity contribution is 0.590. The molecule has 0 amide bonds. The first kappa shape index (κ1) is 10.2. The van der Waals surface area contributed by atoms with Gasteiger partial charge in [-0.3, -0.25) is 4.68 Å². The van der Waals surface area contributed by atoms with Crippen molar-refractivity contribution >= 4 is 20.7 Å². The summed E-state index contributed by atoms with van der Waals surface area (Å²) < 4.78 is 25.1. The van der Waals surface area contributed by atoms with E-state index < -0.39 is 9.84 Å². The first-order valence-electron chi connectivity index (χ1n) is 4.71. The molecule has 15 heavy (non-hydrogen) atoms. The molecule has 2 rings (SSSR count). The quantitative estimate of drug-likeness (QED) is 0.774. The Hall–Kier alpha value is -1.36. The van der Waals surface area contributed by atoms with E-state index in [9.17, 15) is 8.42 Å². The van der Waals surface area contributed by atoms with Crippen molar-refractivity contribution in [2.45, 2.75) is 11.9 Å². The minimum absolute atomic E-state index is 0.0774. The lowest BCUT2D eigenvalue weighted by atomic mass is 10.3. The molecule has 0 spiro atoms. The first-order chi connectivity index (χ1) is 7.06. The van der Waals surface area contributed by atoms with Gasteiger partial charge in [-0.1, -0.05) is 19.1 Å². The molecule has 0 saturated heterocycles. The van der Waals surface area contributed by atoms with Gasteiger partial charge in [-0.05, 0) is 12.1 Å². The monoisotopic (exact) mass is 224 g/mol. The topological polar surface area (TPSA) is 52.0 Å². The van der Waals surface area contributed by atoms with E-state index in [1.165, 1.54) is 0 Å². The Morgan fingerprint density at radius 3 is 2.67 bits per heavy atom. The highest BCUT2D eigenvalue weighted by Gasteiger charge is 2.19. The van der Waals surface area contributed by atoms with Crippen molar-refractivity contribution < 1.29 is 8.42 Å². The van der Waals surface area contributed by atoms with Crippen molar-refractivity contribution in [1.29, 1.82) is 0 Å². The molecular weight excluding hydrogens is 212 g/mol. The predicted octanol–water partition coefficient (Wildman–Crippen LogP) is 1.37. The van der Waals surface area contributed by atoms with Crippen LogP contribution in [0, 0.1) is 0 Å². The highest BCUT2D eigenvalue weighted by atomic mass is 32.2. The minimum Gasteiger partial charge on any atom is -0.267 e. The normalized spacial score (nSPS) is 12.1. The third kappa shape index (κ3) is 1.52. The molecule has 0 aliphatic rings. The van der Waals surface area contributed by atoms with Crippen molar-refractivity contribution in [2.75, 3.05) is 5.75 Å². The van der Waals surface area contributed by atoms with Crippen LogP contribution in [0.2, 0.25) is 0 Å². The third-order valence-electron chi connectivity index (χ3n) is 2.40. The van der Waals surface area contributed by atoms with E-state index in [0.717, 1.165) is 5.52 Å². The number of fused-ring (bicyclic) bond motifs is 1. The second-order valence-corrected chi connectivity index (χ2v) is 5.54. The fourth-order valence-electron chi connectivity index (χ4n) is 1.55. The molecule has 2 aromatic rings. The minimum atomic E-state index is -3.24. The summed E-state index contributed by atoms with van der Waals surface area (Å²) in [6.45, 7) is 1.62. The average molecular weight is 224 g/mol. The smallest absolute Gasteiger partial charge is 0.197 e. The van der Waals surface area contributed by atoms with E-state index in [1.54, 1.807) is 24.7 Å². The Kier molecular flexibility index (Phi) is 2.26. The molecule has 1 heterocycles. The number of sulfone groups is 1. The molecule has 0 saturated carbocycles. The van der Waals surface area contributed by atoms with Gasteiger partial charge < -0.3 is 0 Å². The van der Waals surface area contributed by atoms with Crippen LogP contribution in [0.25, 0.3) is 10.9 Å². The standard InChI is InChI=1S/C10H12N2O2S/c1-3-15(13,14)10-8-6-4-5-7-9(8)12(2)11-10/h4-7H,3H2,1-2H3. The van der Waals surface area contributed by atoms with Crippen molar-refractivity contribution in [2.24, 2.45) is 7.05 Å². The molecule has 5 heteroatoms. The van der Waals surface area contributed by atoms with Gasteiger partial charge >= 0.3 is 0 Å². The zero-order chi connectivity index (χ0) is 11.1. The van der Waals surface area contributed by atoms with Crippen molar-refractivity contribution in [3.05, 3.63) is 24.3 Å². The summed E-state index contributed by atoms with van der Waals surface area (Å²) in [5.74, 6) is 0.0774. The highest BCUT2D eigenvalue weighted by molar-refractivity contribution is 7.91. The SMILES string of the molecule is CCS(=O)(=O)c1nn(C)c2ccccc12. The largest absolute Gasteiger partial charge is 0.267 e. The molecular formula is C10H12N2O2S. The van der Waals surface area contributed by atoms with Gasteiger partial charge in [0.1, 0.15) is 0 Å². The van der Waals surface area contributed by atoms with Crippen LogP contribution in [0.1, 0.15) is 6.92 Å². The van der Waals surface area contributed by atoms with Crippen LogP contribution < -0.4 is 0 Å². The Morgan fingerprint density at radius 1 is 1.33 bits per heavy atom. The fourth-order valence-corrected chi connectivity index (χ4v) is 2.58. The van der Waals surface area contributed by atoms with Gasteiger partial charge in [-0.15, -0.1) is 0 Å². The van der Waals surface area contributed by atoms with Gasteiger partial charge in [-0.25, -0.2) is 8.42 Å². The van der Waals surface area contributed by atoms with Crippen LogP contribution in [0.5, 0.6) is 0 Å². The molecule has 4 nitrogen and oxygen atoms in total.